The van der Waals surface area contributed by atoms with Crippen molar-refractivity contribution in [1.29, 1.82) is 0 Å². The number of hydrogen-bond acceptors (Lipinski definition) is 7. The molecule has 1 aliphatic heterocycles. The Kier molecular flexibility index (Phi) is 16.6. The van der Waals surface area contributed by atoms with E-state index in [9.17, 15) is 0 Å². The van der Waals surface area contributed by atoms with Gasteiger partial charge in [0.25, 0.3) is 0 Å². The summed E-state index contributed by atoms with van der Waals surface area (Å²) in [4.78, 5) is 9.69. The fourth-order valence-electron chi connectivity index (χ4n) is 5.14. The van der Waals surface area contributed by atoms with Gasteiger partial charge in [0, 0.05) is 39.0 Å². The van der Waals surface area contributed by atoms with Gasteiger partial charge in [0.15, 0.2) is 0 Å². The molecule has 0 unspecified atom stereocenters. The van der Waals surface area contributed by atoms with Gasteiger partial charge in [-0.15, -0.1) is 0 Å². The molecule has 42 heavy (non-hydrogen) atoms. The van der Waals surface area contributed by atoms with Crippen LogP contribution in [0.5, 0.6) is 0 Å². The van der Waals surface area contributed by atoms with Gasteiger partial charge >= 0.3 is 0 Å². The van der Waals surface area contributed by atoms with Gasteiger partial charge in [-0.25, -0.2) is 0 Å². The van der Waals surface area contributed by atoms with Gasteiger partial charge < -0.3 is 23.7 Å². The molecule has 236 valence electrons. The minimum absolute atomic E-state index is 0.286. The Labute approximate surface area is 255 Å². The van der Waals surface area contributed by atoms with Crippen molar-refractivity contribution in [1.82, 2.24) is 9.97 Å². The molecule has 7 heteroatoms. The quantitative estimate of drug-likeness (QED) is 0.141. The molecule has 1 aromatic heterocycles. The molecule has 2 heterocycles. The smallest absolute Gasteiger partial charge is 0.130 e. The second kappa shape index (κ2) is 20.1. The molecule has 0 bridgehead atoms. The largest absolute Gasteiger partial charge is 0.379 e. The lowest BCUT2D eigenvalue weighted by molar-refractivity contribution is -0.269. The van der Waals surface area contributed by atoms with Crippen LogP contribution in [0.2, 0.25) is 0 Å². The van der Waals surface area contributed by atoms with Crippen LogP contribution in [0.3, 0.4) is 0 Å². The van der Waals surface area contributed by atoms with Gasteiger partial charge in [0.05, 0.1) is 24.2 Å². The van der Waals surface area contributed by atoms with Gasteiger partial charge in [-0.05, 0) is 43.2 Å². The molecule has 3 rings (SSSR count). The first kappa shape index (κ1) is 34.6. The second-order valence-corrected chi connectivity index (χ2v) is 11.4. The van der Waals surface area contributed by atoms with E-state index in [1.165, 1.54) is 11.1 Å². The summed E-state index contributed by atoms with van der Waals surface area (Å²) in [7, 11) is 0. The van der Waals surface area contributed by atoms with Crippen LogP contribution in [0, 0.1) is 0 Å². The normalized spacial score (nSPS) is 22.5. The van der Waals surface area contributed by atoms with Crippen LogP contribution in [0.4, 0.5) is 0 Å². The van der Waals surface area contributed by atoms with Crippen molar-refractivity contribution < 1.29 is 23.7 Å². The fourth-order valence-corrected chi connectivity index (χ4v) is 5.14. The van der Waals surface area contributed by atoms with E-state index in [0.29, 0.717) is 39.5 Å². The Morgan fingerprint density at radius 1 is 0.667 bits per heavy atom. The van der Waals surface area contributed by atoms with Crippen molar-refractivity contribution in [2.75, 3.05) is 33.0 Å². The van der Waals surface area contributed by atoms with E-state index in [1.54, 1.807) is 0 Å². The van der Waals surface area contributed by atoms with Crippen molar-refractivity contribution >= 4 is 0 Å². The standard InChI is InChI=1S/C35H56N2O5/c1-6-11-19-38-26-31-33(39-20-12-7-2)35(41-22-14-9-4)34(40-21-13-8-3)32(42-31)30-25-36-24-29(37-30)23-28-17-15-27(10-5)16-18-28/h15-18,24-25,31-35H,6-14,19-23,26H2,1-5H3/t31-,32+,33-,34+,35+/m1/s1. The molecule has 0 aliphatic carbocycles. The maximum atomic E-state index is 6.85. The van der Waals surface area contributed by atoms with Crippen molar-refractivity contribution in [3.05, 3.63) is 59.2 Å². The summed E-state index contributed by atoms with van der Waals surface area (Å²) in [5, 5.41) is 0. The zero-order valence-corrected chi connectivity index (χ0v) is 26.9. The van der Waals surface area contributed by atoms with Crippen LogP contribution in [-0.4, -0.2) is 67.4 Å². The lowest BCUT2D eigenvalue weighted by atomic mass is 9.92. The minimum Gasteiger partial charge on any atom is -0.379 e. The first-order valence-electron chi connectivity index (χ1n) is 16.6. The molecule has 2 aromatic rings. The average Bonchev–Trinajstić information content (AvgIpc) is 3.01. The van der Waals surface area contributed by atoms with Crippen LogP contribution in [-0.2, 0) is 36.5 Å². The summed E-state index contributed by atoms with van der Waals surface area (Å²) >= 11 is 0. The highest BCUT2D eigenvalue weighted by Gasteiger charge is 2.49. The highest BCUT2D eigenvalue weighted by atomic mass is 16.6. The number of nitrogens with zero attached hydrogens (tertiary/aromatic N) is 2. The molecule has 1 aliphatic rings. The van der Waals surface area contributed by atoms with E-state index < -0.39 is 6.10 Å². The Morgan fingerprint density at radius 2 is 1.24 bits per heavy atom. The Balaban J connectivity index is 1.93. The number of benzene rings is 1. The summed E-state index contributed by atoms with van der Waals surface area (Å²) in [6.07, 6.45) is 12.0. The number of aromatic nitrogens is 2. The molecule has 0 spiro atoms. The fraction of sp³-hybridized carbons (Fsp3) is 0.714. The molecule has 0 saturated carbocycles. The van der Waals surface area contributed by atoms with Gasteiger partial charge in [0.1, 0.15) is 30.5 Å². The van der Waals surface area contributed by atoms with E-state index in [-0.39, 0.29) is 24.4 Å². The maximum absolute atomic E-state index is 6.85. The average molecular weight is 585 g/mol. The molecule has 5 atom stereocenters. The first-order valence-corrected chi connectivity index (χ1v) is 16.6. The van der Waals surface area contributed by atoms with Crippen molar-refractivity contribution in [3.8, 4) is 0 Å². The molecule has 0 radical (unpaired) electrons. The summed E-state index contributed by atoms with van der Waals surface area (Å²) in [6.45, 7) is 14.0. The van der Waals surface area contributed by atoms with Crippen molar-refractivity contribution in [3.63, 3.8) is 0 Å². The predicted molar refractivity (Wildman–Crippen MR) is 168 cm³/mol. The van der Waals surface area contributed by atoms with Crippen molar-refractivity contribution in [2.24, 2.45) is 0 Å². The summed E-state index contributed by atoms with van der Waals surface area (Å²) in [5.74, 6) is 0. The molecule has 1 fully saturated rings. The maximum Gasteiger partial charge on any atom is 0.130 e. The lowest BCUT2D eigenvalue weighted by Crippen LogP contribution is -2.58. The topological polar surface area (TPSA) is 71.9 Å². The van der Waals surface area contributed by atoms with E-state index in [2.05, 4.69) is 63.9 Å². The third-order valence-electron chi connectivity index (χ3n) is 7.79. The highest BCUT2D eigenvalue weighted by Crippen LogP contribution is 2.37. The summed E-state index contributed by atoms with van der Waals surface area (Å²) in [6, 6.07) is 8.74. The van der Waals surface area contributed by atoms with E-state index in [1.807, 2.05) is 12.4 Å². The van der Waals surface area contributed by atoms with Crippen LogP contribution < -0.4 is 0 Å². The van der Waals surface area contributed by atoms with Gasteiger partial charge in [0.2, 0.25) is 0 Å². The SMILES string of the molecule is CCCCOC[C@H]1O[C@@H](c2cncc(Cc3ccc(CC)cc3)n2)[C@H](OCCCC)[C@@H](OCCCC)[C@@H]1OCCCC. The van der Waals surface area contributed by atoms with Crippen LogP contribution in [0.25, 0.3) is 0 Å². The molecular formula is C35H56N2O5. The third-order valence-corrected chi connectivity index (χ3v) is 7.79. The van der Waals surface area contributed by atoms with Gasteiger partial charge in [-0.3, -0.25) is 9.97 Å². The molecule has 1 aromatic carbocycles. The second-order valence-electron chi connectivity index (χ2n) is 11.4. The number of ether oxygens (including phenoxy) is 5. The van der Waals surface area contributed by atoms with Crippen LogP contribution in [0.15, 0.2) is 36.7 Å². The zero-order valence-electron chi connectivity index (χ0n) is 26.9. The lowest BCUT2D eigenvalue weighted by Gasteiger charge is -2.46. The monoisotopic (exact) mass is 584 g/mol. The first-order chi connectivity index (χ1) is 20.6. The Bertz CT molecular complexity index is 972. The number of aryl methyl sites for hydroxylation is 1. The van der Waals surface area contributed by atoms with E-state index in [0.717, 1.165) is 69.2 Å². The molecule has 0 N–H and O–H groups in total. The summed E-state index contributed by atoms with van der Waals surface area (Å²) in [5.41, 5.74) is 4.23. The number of unbranched alkanes of at least 4 members (excludes halogenated alkanes) is 4. The molecule has 7 nitrogen and oxygen atoms in total. The van der Waals surface area contributed by atoms with Gasteiger partial charge in [-0.2, -0.15) is 0 Å². The van der Waals surface area contributed by atoms with Crippen molar-refractivity contribution in [2.45, 2.75) is 129 Å². The Hall–Kier alpha value is -1.90. The molecule has 1 saturated heterocycles. The predicted octanol–water partition coefficient (Wildman–Crippen LogP) is 7.44. The van der Waals surface area contributed by atoms with Crippen LogP contribution in [0.1, 0.15) is 115 Å². The van der Waals surface area contributed by atoms with E-state index >= 15 is 0 Å². The van der Waals surface area contributed by atoms with E-state index in [4.69, 9.17) is 28.7 Å². The number of hydrogen-bond donors (Lipinski definition) is 0. The molecule has 0 amide bonds. The highest BCUT2D eigenvalue weighted by molar-refractivity contribution is 5.26. The third kappa shape index (κ3) is 11.0. The Morgan fingerprint density at radius 3 is 1.86 bits per heavy atom. The van der Waals surface area contributed by atoms with Crippen LogP contribution >= 0.6 is 0 Å². The summed E-state index contributed by atoms with van der Waals surface area (Å²) < 4.78 is 32.8. The number of rotatable bonds is 21. The molecular weight excluding hydrogens is 528 g/mol. The minimum atomic E-state index is -0.436. The zero-order chi connectivity index (χ0) is 30.0. The van der Waals surface area contributed by atoms with Gasteiger partial charge in [-0.1, -0.05) is 84.6 Å².